The minimum atomic E-state index is 0.0264. The highest BCUT2D eigenvalue weighted by Gasteiger charge is 2.39. The summed E-state index contributed by atoms with van der Waals surface area (Å²) in [7, 11) is 0. The van der Waals surface area contributed by atoms with Crippen LogP contribution in [-0.2, 0) is 6.42 Å². The van der Waals surface area contributed by atoms with Gasteiger partial charge in [-0.2, -0.15) is 0 Å². The maximum Gasteiger partial charge on any atom is 0.134 e. The number of hydrogen-bond donors (Lipinski definition) is 1. The second-order valence-electron chi connectivity index (χ2n) is 4.69. The summed E-state index contributed by atoms with van der Waals surface area (Å²) in [6, 6.07) is 8.17. The number of furan rings is 1. The van der Waals surface area contributed by atoms with Gasteiger partial charge in [-0.1, -0.05) is 18.2 Å². The molecule has 2 N–H and O–H groups in total. The van der Waals surface area contributed by atoms with E-state index in [1.54, 1.807) is 0 Å². The van der Waals surface area contributed by atoms with Crippen molar-refractivity contribution >= 4 is 11.0 Å². The number of para-hydroxylation sites is 1. The van der Waals surface area contributed by atoms with Crippen molar-refractivity contribution in [3.05, 3.63) is 35.6 Å². The molecule has 1 aliphatic rings. The van der Waals surface area contributed by atoms with E-state index >= 15 is 0 Å². The minimum absolute atomic E-state index is 0.0264. The van der Waals surface area contributed by atoms with Gasteiger partial charge in [0.2, 0.25) is 0 Å². The third-order valence-electron chi connectivity index (χ3n) is 3.35. The van der Waals surface area contributed by atoms with Crippen molar-refractivity contribution in [1.82, 2.24) is 0 Å². The third-order valence-corrected chi connectivity index (χ3v) is 3.35. The van der Waals surface area contributed by atoms with Gasteiger partial charge < -0.3 is 10.2 Å². The van der Waals surface area contributed by atoms with E-state index in [0.29, 0.717) is 0 Å². The molecule has 2 heteroatoms. The highest BCUT2D eigenvalue weighted by Crippen LogP contribution is 2.38. The zero-order chi connectivity index (χ0) is 10.5. The first-order chi connectivity index (χ1) is 7.18. The SMILES string of the molecule is Cc1c(CC2(N)CC2)oc2ccccc12. The summed E-state index contributed by atoms with van der Waals surface area (Å²) in [6.07, 6.45) is 3.14. The number of aryl methyl sites for hydroxylation is 1. The van der Waals surface area contributed by atoms with E-state index in [0.717, 1.165) is 30.6 Å². The smallest absolute Gasteiger partial charge is 0.134 e. The van der Waals surface area contributed by atoms with E-state index in [-0.39, 0.29) is 5.54 Å². The van der Waals surface area contributed by atoms with Gasteiger partial charge in [-0.05, 0) is 31.4 Å². The molecule has 0 saturated heterocycles. The van der Waals surface area contributed by atoms with Crippen LogP contribution in [0, 0.1) is 6.92 Å². The van der Waals surface area contributed by atoms with Gasteiger partial charge in [0.05, 0.1) is 0 Å². The van der Waals surface area contributed by atoms with Crippen molar-refractivity contribution in [2.75, 3.05) is 0 Å². The van der Waals surface area contributed by atoms with Crippen LogP contribution < -0.4 is 5.73 Å². The summed E-state index contributed by atoms with van der Waals surface area (Å²) in [5.74, 6) is 1.07. The van der Waals surface area contributed by atoms with E-state index in [9.17, 15) is 0 Å². The van der Waals surface area contributed by atoms with Gasteiger partial charge in [0.1, 0.15) is 11.3 Å². The normalized spacial score (nSPS) is 18.3. The van der Waals surface area contributed by atoms with Gasteiger partial charge in [0.15, 0.2) is 0 Å². The number of benzene rings is 1. The van der Waals surface area contributed by atoms with Crippen molar-refractivity contribution in [3.63, 3.8) is 0 Å². The van der Waals surface area contributed by atoms with Gasteiger partial charge >= 0.3 is 0 Å². The molecule has 1 fully saturated rings. The molecular formula is C13H15NO. The van der Waals surface area contributed by atoms with Gasteiger partial charge in [0, 0.05) is 17.3 Å². The fourth-order valence-corrected chi connectivity index (χ4v) is 2.05. The molecule has 15 heavy (non-hydrogen) atoms. The Morgan fingerprint density at radius 2 is 2.07 bits per heavy atom. The first-order valence-electron chi connectivity index (χ1n) is 5.44. The Hall–Kier alpha value is -1.28. The molecule has 0 atom stereocenters. The van der Waals surface area contributed by atoms with Crippen molar-refractivity contribution in [3.8, 4) is 0 Å². The van der Waals surface area contributed by atoms with Crippen LogP contribution in [0.2, 0.25) is 0 Å². The molecule has 1 aliphatic carbocycles. The van der Waals surface area contributed by atoms with Crippen LogP contribution >= 0.6 is 0 Å². The predicted molar refractivity (Wildman–Crippen MR) is 60.8 cm³/mol. The summed E-state index contributed by atoms with van der Waals surface area (Å²) in [5, 5.41) is 1.22. The summed E-state index contributed by atoms with van der Waals surface area (Å²) in [6.45, 7) is 2.12. The Labute approximate surface area is 89.1 Å². The highest BCUT2D eigenvalue weighted by atomic mass is 16.3. The molecule has 1 saturated carbocycles. The maximum absolute atomic E-state index is 6.11. The standard InChI is InChI=1S/C13H15NO/c1-9-10-4-2-3-5-11(10)15-12(9)8-13(14)6-7-13/h2-5H,6-8,14H2,1H3. The molecule has 78 valence electrons. The first kappa shape index (κ1) is 8.98. The van der Waals surface area contributed by atoms with Crippen molar-refractivity contribution in [2.45, 2.75) is 31.7 Å². The number of fused-ring (bicyclic) bond motifs is 1. The van der Waals surface area contributed by atoms with E-state index in [1.165, 1.54) is 10.9 Å². The topological polar surface area (TPSA) is 39.2 Å². The van der Waals surface area contributed by atoms with Crippen molar-refractivity contribution in [1.29, 1.82) is 0 Å². The lowest BCUT2D eigenvalue weighted by Gasteiger charge is -2.05. The molecule has 0 bridgehead atoms. The third kappa shape index (κ3) is 1.45. The van der Waals surface area contributed by atoms with Gasteiger partial charge in [0.25, 0.3) is 0 Å². The zero-order valence-electron chi connectivity index (χ0n) is 8.92. The molecule has 3 rings (SSSR count). The quantitative estimate of drug-likeness (QED) is 0.811. The van der Waals surface area contributed by atoms with Crippen LogP contribution in [0.5, 0.6) is 0 Å². The van der Waals surface area contributed by atoms with E-state index in [4.69, 9.17) is 10.2 Å². The van der Waals surface area contributed by atoms with E-state index in [1.807, 2.05) is 18.2 Å². The van der Waals surface area contributed by atoms with Crippen LogP contribution in [0.15, 0.2) is 28.7 Å². The highest BCUT2D eigenvalue weighted by molar-refractivity contribution is 5.81. The van der Waals surface area contributed by atoms with Crippen LogP contribution in [-0.4, -0.2) is 5.54 Å². The fraction of sp³-hybridized carbons (Fsp3) is 0.385. The summed E-state index contributed by atoms with van der Waals surface area (Å²) < 4.78 is 5.83. The van der Waals surface area contributed by atoms with Crippen LogP contribution in [0.4, 0.5) is 0 Å². The molecule has 0 unspecified atom stereocenters. The van der Waals surface area contributed by atoms with Gasteiger partial charge in [-0.15, -0.1) is 0 Å². The minimum Gasteiger partial charge on any atom is -0.461 e. The van der Waals surface area contributed by atoms with Gasteiger partial charge in [-0.25, -0.2) is 0 Å². The lowest BCUT2D eigenvalue weighted by molar-refractivity contribution is 0.505. The number of hydrogen-bond acceptors (Lipinski definition) is 2. The van der Waals surface area contributed by atoms with E-state index < -0.39 is 0 Å². The summed E-state index contributed by atoms with van der Waals surface area (Å²) in [4.78, 5) is 0. The fourth-order valence-electron chi connectivity index (χ4n) is 2.05. The van der Waals surface area contributed by atoms with Gasteiger partial charge in [-0.3, -0.25) is 0 Å². The molecule has 1 heterocycles. The molecular weight excluding hydrogens is 186 g/mol. The van der Waals surface area contributed by atoms with Crippen LogP contribution in [0.25, 0.3) is 11.0 Å². The monoisotopic (exact) mass is 201 g/mol. The molecule has 1 aromatic carbocycles. The predicted octanol–water partition coefficient (Wildman–Crippen LogP) is 2.78. The largest absolute Gasteiger partial charge is 0.461 e. The number of rotatable bonds is 2. The second kappa shape index (κ2) is 2.86. The van der Waals surface area contributed by atoms with Crippen LogP contribution in [0.1, 0.15) is 24.2 Å². The lowest BCUT2D eigenvalue weighted by Crippen LogP contribution is -2.24. The lowest BCUT2D eigenvalue weighted by atomic mass is 10.1. The van der Waals surface area contributed by atoms with Crippen molar-refractivity contribution in [2.24, 2.45) is 5.73 Å². The summed E-state index contributed by atoms with van der Waals surface area (Å²) in [5.41, 5.74) is 8.37. The Morgan fingerprint density at radius 3 is 2.73 bits per heavy atom. The number of nitrogens with two attached hydrogens (primary N) is 1. The molecule has 0 amide bonds. The first-order valence-corrected chi connectivity index (χ1v) is 5.44. The molecule has 2 nitrogen and oxygen atoms in total. The van der Waals surface area contributed by atoms with E-state index in [2.05, 4.69) is 13.0 Å². The molecule has 0 aliphatic heterocycles. The van der Waals surface area contributed by atoms with Crippen molar-refractivity contribution < 1.29 is 4.42 Å². The average molecular weight is 201 g/mol. The summed E-state index contributed by atoms with van der Waals surface area (Å²) >= 11 is 0. The average Bonchev–Trinajstić information content (AvgIpc) is 2.87. The molecule has 0 radical (unpaired) electrons. The second-order valence-corrected chi connectivity index (χ2v) is 4.69. The zero-order valence-corrected chi connectivity index (χ0v) is 8.92. The maximum atomic E-state index is 6.11. The molecule has 2 aromatic rings. The Balaban J connectivity index is 2.07. The Bertz CT molecular complexity index is 508. The molecule has 1 aromatic heterocycles. The molecule has 0 spiro atoms. The Morgan fingerprint density at radius 1 is 1.33 bits per heavy atom. The van der Waals surface area contributed by atoms with Crippen LogP contribution in [0.3, 0.4) is 0 Å². The Kier molecular flexibility index (Phi) is 1.71.